The Kier molecular flexibility index (Phi) is 2.98. The van der Waals surface area contributed by atoms with Crippen LogP contribution in [0.25, 0.3) is 0 Å². The molecule has 4 nitrogen and oxygen atoms in total. The summed E-state index contributed by atoms with van der Waals surface area (Å²) in [6.45, 7) is 7.25. The van der Waals surface area contributed by atoms with Crippen LogP contribution in [0.15, 0.2) is 0 Å². The summed E-state index contributed by atoms with van der Waals surface area (Å²) in [6.07, 6.45) is 2.19. The highest BCUT2D eigenvalue weighted by molar-refractivity contribution is 5.81. The van der Waals surface area contributed by atoms with Crippen LogP contribution in [0.4, 0.5) is 0 Å². The van der Waals surface area contributed by atoms with Crippen molar-refractivity contribution in [3.63, 3.8) is 0 Å². The normalized spacial score (nSPS) is 37.3. The van der Waals surface area contributed by atoms with Gasteiger partial charge in [0.2, 0.25) is 5.91 Å². The van der Waals surface area contributed by atoms with Crippen LogP contribution in [0.5, 0.6) is 0 Å². The number of carbonyl (C=O) groups excluding carboxylic acids is 1. The molecule has 15 heavy (non-hydrogen) atoms. The zero-order chi connectivity index (χ0) is 10.9. The first-order valence-electron chi connectivity index (χ1n) is 5.83. The predicted octanol–water partition coefficient (Wildman–Crippen LogP) is -0.207. The maximum atomic E-state index is 11.3. The smallest absolute Gasteiger partial charge is 0.224 e. The number of carbonyl (C=O) groups is 1. The van der Waals surface area contributed by atoms with Crippen molar-refractivity contribution in [2.75, 3.05) is 32.7 Å². The number of nitrogens with one attached hydrogen (secondary N) is 1. The van der Waals surface area contributed by atoms with E-state index in [0.29, 0.717) is 0 Å². The monoisotopic (exact) mass is 211 g/mol. The van der Waals surface area contributed by atoms with Gasteiger partial charge in [-0.3, -0.25) is 4.79 Å². The van der Waals surface area contributed by atoms with E-state index in [4.69, 9.17) is 5.73 Å². The number of amides is 1. The zero-order valence-electron chi connectivity index (χ0n) is 9.46. The molecular formula is C11H21N3O. The number of hydrogen-bond acceptors (Lipinski definition) is 3. The second-order valence-corrected chi connectivity index (χ2v) is 5.27. The van der Waals surface area contributed by atoms with Gasteiger partial charge in [0.15, 0.2) is 0 Å². The van der Waals surface area contributed by atoms with E-state index in [2.05, 4.69) is 10.2 Å². The molecule has 0 bridgehead atoms. The Labute approximate surface area is 91.2 Å². The summed E-state index contributed by atoms with van der Waals surface area (Å²) in [5.74, 6) is 0.620. The van der Waals surface area contributed by atoms with Gasteiger partial charge in [0.25, 0.3) is 0 Å². The van der Waals surface area contributed by atoms with Crippen LogP contribution in [-0.2, 0) is 4.79 Å². The fourth-order valence-corrected chi connectivity index (χ4v) is 2.65. The van der Waals surface area contributed by atoms with Crippen molar-refractivity contribution in [2.24, 2.45) is 17.1 Å². The molecule has 0 aromatic rings. The number of rotatable bonds is 3. The van der Waals surface area contributed by atoms with E-state index in [1.54, 1.807) is 0 Å². The van der Waals surface area contributed by atoms with Gasteiger partial charge in [-0.2, -0.15) is 0 Å². The van der Waals surface area contributed by atoms with Crippen LogP contribution >= 0.6 is 0 Å². The maximum Gasteiger partial charge on any atom is 0.224 e. The van der Waals surface area contributed by atoms with Crippen LogP contribution in [-0.4, -0.2) is 43.5 Å². The molecule has 0 spiro atoms. The van der Waals surface area contributed by atoms with Crippen LogP contribution < -0.4 is 11.1 Å². The fraction of sp³-hybridized carbons (Fsp3) is 0.909. The van der Waals surface area contributed by atoms with E-state index in [1.165, 1.54) is 6.42 Å². The van der Waals surface area contributed by atoms with Crippen LogP contribution in [0.2, 0.25) is 0 Å². The lowest BCUT2D eigenvalue weighted by atomic mass is 9.89. The van der Waals surface area contributed by atoms with Crippen molar-refractivity contribution in [3.05, 3.63) is 0 Å². The summed E-state index contributed by atoms with van der Waals surface area (Å²) < 4.78 is 0. The zero-order valence-corrected chi connectivity index (χ0v) is 9.46. The van der Waals surface area contributed by atoms with Crippen LogP contribution in [0.3, 0.4) is 0 Å². The maximum absolute atomic E-state index is 11.3. The first kappa shape index (κ1) is 10.9. The van der Waals surface area contributed by atoms with Crippen molar-refractivity contribution in [1.29, 1.82) is 0 Å². The largest absolute Gasteiger partial charge is 0.369 e. The van der Waals surface area contributed by atoms with Crippen molar-refractivity contribution in [1.82, 2.24) is 10.2 Å². The van der Waals surface area contributed by atoms with Gasteiger partial charge in [-0.1, -0.05) is 0 Å². The molecule has 2 aliphatic rings. The summed E-state index contributed by atoms with van der Waals surface area (Å²) >= 11 is 0. The van der Waals surface area contributed by atoms with Crippen molar-refractivity contribution in [3.8, 4) is 0 Å². The Hall–Kier alpha value is -0.610. The van der Waals surface area contributed by atoms with Gasteiger partial charge in [-0.25, -0.2) is 0 Å². The lowest BCUT2D eigenvalue weighted by molar-refractivity contribution is -0.126. The number of nitrogens with two attached hydrogens (primary N) is 1. The molecule has 3 N–H and O–H groups in total. The molecule has 0 radical (unpaired) electrons. The molecule has 2 aliphatic heterocycles. The molecule has 0 aromatic heterocycles. The van der Waals surface area contributed by atoms with Gasteiger partial charge in [0.05, 0.1) is 5.41 Å². The minimum absolute atomic E-state index is 0.144. The Morgan fingerprint density at radius 3 is 3.00 bits per heavy atom. The highest BCUT2D eigenvalue weighted by Crippen LogP contribution is 2.30. The third-order valence-electron chi connectivity index (χ3n) is 3.83. The molecule has 0 aromatic carbocycles. The summed E-state index contributed by atoms with van der Waals surface area (Å²) in [4.78, 5) is 13.7. The molecule has 0 saturated carbocycles. The van der Waals surface area contributed by atoms with E-state index < -0.39 is 0 Å². The molecule has 2 heterocycles. The van der Waals surface area contributed by atoms with Crippen molar-refractivity contribution < 1.29 is 4.79 Å². The summed E-state index contributed by atoms with van der Waals surface area (Å²) in [5, 5.41) is 3.37. The minimum atomic E-state index is -0.286. The molecule has 0 aliphatic carbocycles. The molecule has 4 heteroatoms. The molecule has 2 rings (SSSR count). The average molecular weight is 211 g/mol. The molecule has 86 valence electrons. The van der Waals surface area contributed by atoms with E-state index >= 15 is 0 Å². The van der Waals surface area contributed by atoms with Gasteiger partial charge < -0.3 is 16.0 Å². The van der Waals surface area contributed by atoms with Crippen molar-refractivity contribution >= 4 is 5.91 Å². The molecule has 1 amide bonds. The SMILES string of the molecule is CC1(C(N)=O)CCN(CC2CCNC2)C1. The van der Waals surface area contributed by atoms with E-state index in [0.717, 1.165) is 45.1 Å². The topological polar surface area (TPSA) is 58.4 Å². The Morgan fingerprint density at radius 2 is 2.47 bits per heavy atom. The molecule has 2 saturated heterocycles. The Balaban J connectivity index is 1.84. The first-order chi connectivity index (χ1) is 7.10. The minimum Gasteiger partial charge on any atom is -0.369 e. The Bertz CT molecular complexity index is 250. The lowest BCUT2D eigenvalue weighted by Gasteiger charge is -2.23. The van der Waals surface area contributed by atoms with Gasteiger partial charge >= 0.3 is 0 Å². The van der Waals surface area contributed by atoms with Gasteiger partial charge in [-0.05, 0) is 45.3 Å². The molecule has 2 fully saturated rings. The summed E-state index contributed by atoms with van der Waals surface area (Å²) in [6, 6.07) is 0. The Morgan fingerprint density at radius 1 is 1.67 bits per heavy atom. The van der Waals surface area contributed by atoms with Crippen molar-refractivity contribution in [2.45, 2.75) is 19.8 Å². The third-order valence-corrected chi connectivity index (χ3v) is 3.83. The number of hydrogen-bond donors (Lipinski definition) is 2. The van der Waals surface area contributed by atoms with E-state index in [9.17, 15) is 4.79 Å². The molecule has 2 atom stereocenters. The quantitative estimate of drug-likeness (QED) is 0.679. The number of primary amides is 1. The first-order valence-corrected chi connectivity index (χ1v) is 5.83. The van der Waals surface area contributed by atoms with E-state index in [-0.39, 0.29) is 11.3 Å². The highest BCUT2D eigenvalue weighted by Gasteiger charge is 2.39. The molecular weight excluding hydrogens is 190 g/mol. The molecule has 2 unspecified atom stereocenters. The summed E-state index contributed by atoms with van der Waals surface area (Å²) in [7, 11) is 0. The number of nitrogens with zero attached hydrogens (tertiary/aromatic N) is 1. The third kappa shape index (κ3) is 2.32. The second-order valence-electron chi connectivity index (χ2n) is 5.27. The van der Waals surface area contributed by atoms with Gasteiger partial charge in [-0.15, -0.1) is 0 Å². The average Bonchev–Trinajstić information content (AvgIpc) is 2.77. The number of likely N-dealkylation sites (tertiary alicyclic amines) is 1. The van der Waals surface area contributed by atoms with Crippen LogP contribution in [0.1, 0.15) is 19.8 Å². The van der Waals surface area contributed by atoms with E-state index in [1.807, 2.05) is 6.92 Å². The van der Waals surface area contributed by atoms with Gasteiger partial charge in [0, 0.05) is 13.1 Å². The standard InChI is InChI=1S/C11H21N3O/c1-11(10(12)15)3-5-14(8-11)7-9-2-4-13-6-9/h9,13H,2-8H2,1H3,(H2,12,15). The predicted molar refractivity (Wildman–Crippen MR) is 59.3 cm³/mol. The van der Waals surface area contributed by atoms with Crippen LogP contribution in [0, 0.1) is 11.3 Å². The second kappa shape index (κ2) is 4.10. The highest BCUT2D eigenvalue weighted by atomic mass is 16.1. The lowest BCUT2D eigenvalue weighted by Crippen LogP contribution is -2.38. The fourth-order valence-electron chi connectivity index (χ4n) is 2.65. The summed E-state index contributed by atoms with van der Waals surface area (Å²) in [5.41, 5.74) is 5.14. The van der Waals surface area contributed by atoms with Gasteiger partial charge in [0.1, 0.15) is 0 Å².